The number of hydrogen-bond acceptors (Lipinski definition) is 5. The molecule has 0 N–H and O–H groups in total. The third-order valence-electron chi connectivity index (χ3n) is 4.81. The smallest absolute Gasteiger partial charge is 0.272 e. The highest BCUT2D eigenvalue weighted by Gasteiger charge is 2.24. The van der Waals surface area contributed by atoms with E-state index in [1.165, 1.54) is 32.0 Å². The van der Waals surface area contributed by atoms with E-state index in [1.807, 2.05) is 6.07 Å². The highest BCUT2D eigenvalue weighted by Crippen LogP contribution is 2.18. The van der Waals surface area contributed by atoms with Crippen molar-refractivity contribution in [1.82, 2.24) is 19.8 Å². The monoisotopic (exact) mass is 331 g/mol. The molecule has 3 heterocycles. The first-order chi connectivity index (χ1) is 11.6. The minimum absolute atomic E-state index is 0.0626. The Balaban J connectivity index is 1.67. The molecule has 2 fully saturated rings. The number of hydrogen-bond donors (Lipinski definition) is 0. The van der Waals surface area contributed by atoms with Crippen LogP contribution in [0.5, 0.6) is 0 Å². The Morgan fingerprint density at radius 3 is 2.12 bits per heavy atom. The van der Waals surface area contributed by atoms with Crippen molar-refractivity contribution in [1.29, 1.82) is 0 Å². The summed E-state index contributed by atoms with van der Waals surface area (Å²) in [4.78, 5) is 38.4. The van der Waals surface area contributed by atoms with Crippen LogP contribution in [0.4, 0.5) is 5.82 Å². The van der Waals surface area contributed by atoms with Crippen LogP contribution in [0.25, 0.3) is 0 Å². The molecular formula is C17H25N5O2. The van der Waals surface area contributed by atoms with Crippen LogP contribution in [0.1, 0.15) is 43.1 Å². The van der Waals surface area contributed by atoms with Crippen molar-refractivity contribution in [3.8, 4) is 0 Å². The summed E-state index contributed by atoms with van der Waals surface area (Å²) in [5, 5.41) is 0. The van der Waals surface area contributed by atoms with E-state index in [0.717, 1.165) is 18.9 Å². The predicted molar refractivity (Wildman–Crippen MR) is 90.9 cm³/mol. The molecule has 1 aromatic heterocycles. The Bertz CT molecular complexity index is 590. The molecule has 7 heteroatoms. The summed E-state index contributed by atoms with van der Waals surface area (Å²) in [6.07, 6.45) is 6.33. The van der Waals surface area contributed by atoms with Crippen LogP contribution in [0, 0.1) is 0 Å². The van der Waals surface area contributed by atoms with E-state index in [4.69, 9.17) is 0 Å². The molecular weight excluding hydrogens is 306 g/mol. The maximum Gasteiger partial charge on any atom is 0.272 e. The highest BCUT2D eigenvalue weighted by molar-refractivity contribution is 5.93. The van der Waals surface area contributed by atoms with Gasteiger partial charge in [-0.15, -0.1) is 0 Å². The van der Waals surface area contributed by atoms with Gasteiger partial charge in [0.15, 0.2) is 0 Å². The van der Waals surface area contributed by atoms with E-state index in [2.05, 4.69) is 14.9 Å². The van der Waals surface area contributed by atoms with Gasteiger partial charge in [-0.1, -0.05) is 12.8 Å². The van der Waals surface area contributed by atoms with Gasteiger partial charge in [0.05, 0.1) is 0 Å². The molecule has 0 saturated carbocycles. The van der Waals surface area contributed by atoms with Gasteiger partial charge >= 0.3 is 0 Å². The molecule has 7 nitrogen and oxygen atoms in total. The number of anilines is 1. The first-order valence-corrected chi connectivity index (χ1v) is 8.77. The van der Waals surface area contributed by atoms with Crippen molar-refractivity contribution < 1.29 is 9.59 Å². The lowest BCUT2D eigenvalue weighted by atomic mass is 10.2. The normalized spacial score (nSPS) is 19.1. The molecule has 2 aliphatic heterocycles. The lowest BCUT2D eigenvalue weighted by Crippen LogP contribution is -2.50. The highest BCUT2D eigenvalue weighted by atomic mass is 16.2. The molecule has 0 aliphatic carbocycles. The number of nitrogens with zero attached hydrogens (tertiary/aromatic N) is 5. The van der Waals surface area contributed by atoms with E-state index in [9.17, 15) is 9.59 Å². The zero-order valence-corrected chi connectivity index (χ0v) is 14.3. The maximum absolute atomic E-state index is 12.7. The first-order valence-electron chi connectivity index (χ1n) is 8.77. The van der Waals surface area contributed by atoms with Gasteiger partial charge in [-0.2, -0.15) is 0 Å². The van der Waals surface area contributed by atoms with Gasteiger partial charge in [0.25, 0.3) is 5.91 Å². The molecule has 2 saturated heterocycles. The fourth-order valence-corrected chi connectivity index (χ4v) is 3.32. The van der Waals surface area contributed by atoms with Crippen molar-refractivity contribution in [2.24, 2.45) is 0 Å². The third kappa shape index (κ3) is 3.83. The summed E-state index contributed by atoms with van der Waals surface area (Å²) in [5.41, 5.74) is 0.445. The second-order valence-electron chi connectivity index (χ2n) is 6.46. The number of aromatic nitrogens is 2. The van der Waals surface area contributed by atoms with E-state index >= 15 is 0 Å². The topological polar surface area (TPSA) is 69.6 Å². The molecule has 0 spiro atoms. The van der Waals surface area contributed by atoms with Gasteiger partial charge in [-0.05, 0) is 12.8 Å². The second-order valence-corrected chi connectivity index (χ2v) is 6.46. The van der Waals surface area contributed by atoms with Crippen molar-refractivity contribution in [2.75, 3.05) is 44.2 Å². The molecule has 0 unspecified atom stereocenters. The molecule has 0 atom stereocenters. The van der Waals surface area contributed by atoms with E-state index in [1.54, 1.807) is 16.7 Å². The van der Waals surface area contributed by atoms with Crippen LogP contribution in [-0.2, 0) is 4.79 Å². The zero-order valence-electron chi connectivity index (χ0n) is 14.3. The summed E-state index contributed by atoms with van der Waals surface area (Å²) in [7, 11) is 0. The van der Waals surface area contributed by atoms with Crippen LogP contribution in [0.3, 0.4) is 0 Å². The summed E-state index contributed by atoms with van der Waals surface area (Å²) < 4.78 is 0. The summed E-state index contributed by atoms with van der Waals surface area (Å²) in [6, 6.07) is 1.81. The summed E-state index contributed by atoms with van der Waals surface area (Å²) in [6.45, 7) is 5.83. The summed E-state index contributed by atoms with van der Waals surface area (Å²) in [5.74, 6) is 0.835. The lowest BCUT2D eigenvalue weighted by molar-refractivity contribution is -0.130. The van der Waals surface area contributed by atoms with Crippen LogP contribution in [0.2, 0.25) is 0 Å². The van der Waals surface area contributed by atoms with Crippen molar-refractivity contribution >= 4 is 17.6 Å². The second kappa shape index (κ2) is 7.59. The molecule has 2 aliphatic rings. The molecule has 1 aromatic rings. The molecule has 24 heavy (non-hydrogen) atoms. The lowest BCUT2D eigenvalue weighted by Gasteiger charge is -2.34. The molecule has 0 bridgehead atoms. The van der Waals surface area contributed by atoms with Crippen molar-refractivity contribution in [2.45, 2.75) is 32.6 Å². The Kier molecular flexibility index (Phi) is 5.27. The number of carbonyl (C=O) groups excluding carboxylic acids is 2. The minimum Gasteiger partial charge on any atom is -0.357 e. The Hall–Kier alpha value is -2.18. The van der Waals surface area contributed by atoms with Gasteiger partial charge in [0, 0.05) is 52.3 Å². The fourth-order valence-electron chi connectivity index (χ4n) is 3.32. The van der Waals surface area contributed by atoms with Gasteiger partial charge in [-0.25, -0.2) is 9.97 Å². The maximum atomic E-state index is 12.7. The summed E-state index contributed by atoms with van der Waals surface area (Å²) >= 11 is 0. The van der Waals surface area contributed by atoms with Crippen LogP contribution >= 0.6 is 0 Å². The van der Waals surface area contributed by atoms with Crippen LogP contribution in [-0.4, -0.2) is 70.9 Å². The minimum atomic E-state index is -0.0725. The third-order valence-corrected chi connectivity index (χ3v) is 4.81. The number of amides is 2. The van der Waals surface area contributed by atoms with Crippen LogP contribution in [0.15, 0.2) is 12.4 Å². The largest absolute Gasteiger partial charge is 0.357 e. The van der Waals surface area contributed by atoms with Gasteiger partial charge in [0.2, 0.25) is 5.91 Å². The SMILES string of the molecule is CC(=O)N1CCN(C(=O)c2cc(N3CCCCCC3)ncn2)CC1. The molecule has 3 rings (SSSR count). The predicted octanol–water partition coefficient (Wildman–Crippen LogP) is 1.16. The van der Waals surface area contributed by atoms with Gasteiger partial charge < -0.3 is 14.7 Å². The van der Waals surface area contributed by atoms with Crippen molar-refractivity contribution in [3.63, 3.8) is 0 Å². The average Bonchev–Trinajstić information content (AvgIpc) is 2.91. The van der Waals surface area contributed by atoms with E-state index in [0.29, 0.717) is 31.9 Å². The Morgan fingerprint density at radius 2 is 1.50 bits per heavy atom. The molecule has 0 radical (unpaired) electrons. The number of carbonyl (C=O) groups is 2. The fraction of sp³-hybridized carbons (Fsp3) is 0.647. The first kappa shape index (κ1) is 16.7. The Morgan fingerprint density at radius 1 is 0.875 bits per heavy atom. The van der Waals surface area contributed by atoms with Gasteiger partial charge in [-0.3, -0.25) is 9.59 Å². The van der Waals surface area contributed by atoms with E-state index in [-0.39, 0.29) is 11.8 Å². The molecule has 130 valence electrons. The van der Waals surface area contributed by atoms with Crippen LogP contribution < -0.4 is 4.90 Å². The molecule has 2 amide bonds. The number of piperazine rings is 1. The zero-order chi connectivity index (χ0) is 16.9. The molecule has 0 aromatic carbocycles. The van der Waals surface area contributed by atoms with Crippen molar-refractivity contribution in [3.05, 3.63) is 18.1 Å². The Labute approximate surface area is 142 Å². The average molecular weight is 331 g/mol. The van der Waals surface area contributed by atoms with Gasteiger partial charge in [0.1, 0.15) is 17.8 Å². The standard InChI is InChI=1S/C17H25N5O2/c1-14(23)20-8-10-22(11-9-20)17(24)15-12-16(19-13-18-15)21-6-4-2-3-5-7-21/h12-13H,2-11H2,1H3. The van der Waals surface area contributed by atoms with E-state index < -0.39 is 0 Å². The number of rotatable bonds is 2. The quantitative estimate of drug-likeness (QED) is 0.813.